The molecular formula is C24H26FN7O3. The van der Waals surface area contributed by atoms with E-state index in [0.717, 1.165) is 30.7 Å². The van der Waals surface area contributed by atoms with Gasteiger partial charge in [-0.15, -0.1) is 0 Å². The van der Waals surface area contributed by atoms with Crippen LogP contribution in [0.15, 0.2) is 42.6 Å². The number of halogens is 1. The van der Waals surface area contributed by atoms with Gasteiger partial charge in [0.15, 0.2) is 28.8 Å². The molecule has 1 amide bonds. The van der Waals surface area contributed by atoms with E-state index in [9.17, 15) is 9.18 Å². The summed E-state index contributed by atoms with van der Waals surface area (Å²) in [7, 11) is 0. The number of carbonyl (C=O) groups excluding carboxylic acids is 1. The predicted molar refractivity (Wildman–Crippen MR) is 130 cm³/mol. The monoisotopic (exact) mass is 479 g/mol. The zero-order valence-electron chi connectivity index (χ0n) is 19.6. The van der Waals surface area contributed by atoms with Crippen LogP contribution in [-0.4, -0.2) is 52.3 Å². The number of nitrogens with one attached hydrogen (secondary N) is 3. The fraction of sp³-hybridized carbons (Fsp3) is 0.333. The van der Waals surface area contributed by atoms with E-state index in [1.54, 1.807) is 26.0 Å². The first-order valence-electron chi connectivity index (χ1n) is 11.3. The van der Waals surface area contributed by atoms with Crippen LogP contribution in [0.25, 0.3) is 0 Å². The van der Waals surface area contributed by atoms with Gasteiger partial charge in [-0.3, -0.25) is 4.79 Å². The molecule has 0 aliphatic carbocycles. The van der Waals surface area contributed by atoms with E-state index in [0.29, 0.717) is 18.2 Å². The summed E-state index contributed by atoms with van der Waals surface area (Å²) in [5, 5.41) is 8.63. The number of rotatable bonds is 5. The van der Waals surface area contributed by atoms with Crippen molar-refractivity contribution in [2.24, 2.45) is 0 Å². The van der Waals surface area contributed by atoms with Crippen LogP contribution in [0.5, 0.6) is 5.75 Å². The SMILES string of the molecule is C[C@H]1CN(c2ccc(Nc3ncc(F)c(Nc4ccc5c(n4)NC(=O)C(C)(C)O5)n3)cc2)CCO1. The zero-order chi connectivity index (χ0) is 24.6. The van der Waals surface area contributed by atoms with Gasteiger partial charge >= 0.3 is 0 Å². The molecule has 4 heterocycles. The van der Waals surface area contributed by atoms with Gasteiger partial charge in [-0.05, 0) is 57.2 Å². The summed E-state index contributed by atoms with van der Waals surface area (Å²) < 4.78 is 25.7. The van der Waals surface area contributed by atoms with Crippen LogP contribution in [0.1, 0.15) is 20.8 Å². The minimum atomic E-state index is -0.998. The number of anilines is 6. The van der Waals surface area contributed by atoms with Crippen molar-refractivity contribution in [3.8, 4) is 5.75 Å². The van der Waals surface area contributed by atoms with E-state index < -0.39 is 11.4 Å². The van der Waals surface area contributed by atoms with Gasteiger partial charge in [0.2, 0.25) is 5.95 Å². The Labute approximate surface area is 201 Å². The van der Waals surface area contributed by atoms with E-state index in [-0.39, 0.29) is 29.6 Å². The largest absolute Gasteiger partial charge is 0.474 e. The number of amides is 1. The zero-order valence-corrected chi connectivity index (χ0v) is 19.6. The van der Waals surface area contributed by atoms with Gasteiger partial charge in [0.25, 0.3) is 5.91 Å². The Kier molecular flexibility index (Phi) is 5.85. The molecule has 0 saturated carbocycles. The molecule has 5 rings (SSSR count). The normalized spacial score (nSPS) is 18.8. The van der Waals surface area contributed by atoms with E-state index in [1.165, 1.54) is 0 Å². The Morgan fingerprint density at radius 1 is 1.14 bits per heavy atom. The molecular weight excluding hydrogens is 453 g/mol. The molecule has 35 heavy (non-hydrogen) atoms. The van der Waals surface area contributed by atoms with Gasteiger partial charge in [0.05, 0.1) is 18.9 Å². The highest BCUT2D eigenvalue weighted by atomic mass is 19.1. The smallest absolute Gasteiger partial charge is 0.269 e. The number of aromatic nitrogens is 3. The number of nitrogens with zero attached hydrogens (tertiary/aromatic N) is 4. The lowest BCUT2D eigenvalue weighted by Crippen LogP contribution is -2.46. The second-order valence-electron chi connectivity index (χ2n) is 8.92. The number of fused-ring (bicyclic) bond motifs is 1. The molecule has 3 N–H and O–H groups in total. The Bertz CT molecular complexity index is 1250. The molecule has 0 bridgehead atoms. The van der Waals surface area contributed by atoms with Crippen LogP contribution < -0.4 is 25.6 Å². The van der Waals surface area contributed by atoms with E-state index in [1.807, 2.05) is 24.3 Å². The van der Waals surface area contributed by atoms with Gasteiger partial charge in [0, 0.05) is 24.5 Å². The van der Waals surface area contributed by atoms with Gasteiger partial charge in [-0.1, -0.05) is 0 Å². The Hall–Kier alpha value is -3.99. The average molecular weight is 480 g/mol. The van der Waals surface area contributed by atoms with Crippen LogP contribution in [0.4, 0.5) is 39.2 Å². The highest BCUT2D eigenvalue weighted by Gasteiger charge is 2.36. The summed E-state index contributed by atoms with van der Waals surface area (Å²) in [4.78, 5) is 27.0. The molecule has 1 fully saturated rings. The van der Waals surface area contributed by atoms with Gasteiger partial charge in [-0.2, -0.15) is 4.98 Å². The molecule has 2 aliphatic rings. The number of hydrogen-bond acceptors (Lipinski definition) is 9. The van der Waals surface area contributed by atoms with Gasteiger partial charge in [-0.25, -0.2) is 14.4 Å². The van der Waals surface area contributed by atoms with Crippen molar-refractivity contribution >= 4 is 40.7 Å². The summed E-state index contributed by atoms with van der Waals surface area (Å²) >= 11 is 0. The molecule has 3 aromatic rings. The predicted octanol–water partition coefficient (Wildman–Crippen LogP) is 3.83. The van der Waals surface area contributed by atoms with Crippen LogP contribution in [-0.2, 0) is 9.53 Å². The van der Waals surface area contributed by atoms with E-state index in [4.69, 9.17) is 9.47 Å². The molecule has 1 saturated heterocycles. The fourth-order valence-electron chi connectivity index (χ4n) is 3.84. The fourth-order valence-corrected chi connectivity index (χ4v) is 3.84. The standard InChI is InChI=1S/C24H26FN7O3/c1-14-13-32(10-11-34-14)16-6-4-15(5-7-16)27-23-26-12-17(25)20(31-23)28-19-9-8-18-21(29-19)30-22(33)24(2,3)35-18/h4-9,12,14H,10-11,13H2,1-3H3,(H3,26,27,28,29,30,31,33)/t14-/m0/s1. The molecule has 182 valence electrons. The number of carbonyl (C=O) groups is 1. The van der Waals surface area contributed by atoms with Crippen molar-refractivity contribution in [1.29, 1.82) is 0 Å². The quantitative estimate of drug-likeness (QED) is 0.502. The minimum Gasteiger partial charge on any atom is -0.474 e. The molecule has 1 aromatic carbocycles. The minimum absolute atomic E-state index is 0.0581. The molecule has 2 aliphatic heterocycles. The van der Waals surface area contributed by atoms with Gasteiger partial charge in [0.1, 0.15) is 5.82 Å². The maximum atomic E-state index is 14.4. The van der Waals surface area contributed by atoms with Crippen LogP contribution in [0, 0.1) is 5.82 Å². The molecule has 0 radical (unpaired) electrons. The van der Waals surface area contributed by atoms with Crippen molar-refractivity contribution in [3.63, 3.8) is 0 Å². The van der Waals surface area contributed by atoms with Crippen molar-refractivity contribution < 1.29 is 18.7 Å². The van der Waals surface area contributed by atoms with Crippen molar-refractivity contribution in [2.75, 3.05) is 40.5 Å². The summed E-state index contributed by atoms with van der Waals surface area (Å²) in [6.07, 6.45) is 1.27. The van der Waals surface area contributed by atoms with Crippen LogP contribution in [0.2, 0.25) is 0 Å². The first kappa shape index (κ1) is 22.8. The summed E-state index contributed by atoms with van der Waals surface area (Å²) in [6.45, 7) is 7.78. The first-order valence-corrected chi connectivity index (χ1v) is 11.3. The van der Waals surface area contributed by atoms with Crippen molar-refractivity contribution in [2.45, 2.75) is 32.5 Å². The summed E-state index contributed by atoms with van der Waals surface area (Å²) in [5.41, 5.74) is 0.870. The Balaban J connectivity index is 1.29. The average Bonchev–Trinajstić information content (AvgIpc) is 2.82. The number of benzene rings is 1. The third kappa shape index (κ3) is 4.94. The topological polar surface area (TPSA) is 114 Å². The maximum absolute atomic E-state index is 14.4. The second kappa shape index (κ2) is 8.99. The Morgan fingerprint density at radius 3 is 2.71 bits per heavy atom. The molecule has 0 unspecified atom stereocenters. The summed E-state index contributed by atoms with van der Waals surface area (Å²) in [6, 6.07) is 11.1. The Morgan fingerprint density at radius 2 is 1.94 bits per heavy atom. The third-order valence-corrected chi connectivity index (χ3v) is 5.72. The van der Waals surface area contributed by atoms with Gasteiger partial charge < -0.3 is 30.3 Å². The first-order chi connectivity index (χ1) is 16.8. The summed E-state index contributed by atoms with van der Waals surface area (Å²) in [5.74, 6) is 0.176. The molecule has 11 heteroatoms. The molecule has 2 aromatic heterocycles. The number of ether oxygens (including phenoxy) is 2. The van der Waals surface area contributed by atoms with Crippen LogP contribution >= 0.6 is 0 Å². The van der Waals surface area contributed by atoms with E-state index >= 15 is 0 Å². The molecule has 1 atom stereocenters. The van der Waals surface area contributed by atoms with E-state index in [2.05, 4.69) is 42.7 Å². The molecule has 10 nitrogen and oxygen atoms in total. The maximum Gasteiger partial charge on any atom is 0.269 e. The lowest BCUT2D eigenvalue weighted by Gasteiger charge is -2.33. The lowest BCUT2D eigenvalue weighted by atomic mass is 10.1. The highest BCUT2D eigenvalue weighted by molar-refractivity contribution is 5.99. The molecule has 0 spiro atoms. The van der Waals surface area contributed by atoms with Crippen molar-refractivity contribution in [1.82, 2.24) is 15.0 Å². The lowest BCUT2D eigenvalue weighted by molar-refractivity contribution is -0.129. The third-order valence-electron chi connectivity index (χ3n) is 5.72. The number of morpholine rings is 1. The van der Waals surface area contributed by atoms with Crippen molar-refractivity contribution in [3.05, 3.63) is 48.4 Å². The van der Waals surface area contributed by atoms with Crippen LogP contribution in [0.3, 0.4) is 0 Å². The number of pyridine rings is 1. The number of hydrogen-bond donors (Lipinski definition) is 3. The second-order valence-corrected chi connectivity index (χ2v) is 8.92. The highest BCUT2D eigenvalue weighted by Crippen LogP contribution is 2.33.